The highest BCUT2D eigenvalue weighted by Gasteiger charge is 2.12. The van der Waals surface area contributed by atoms with Crippen LogP contribution >= 0.6 is 0 Å². The number of nitrogens with two attached hydrogens (primary N) is 1. The van der Waals surface area contributed by atoms with Gasteiger partial charge in [0.1, 0.15) is 5.82 Å². The molecule has 3 nitrogen and oxygen atoms in total. The van der Waals surface area contributed by atoms with Gasteiger partial charge in [0.2, 0.25) is 0 Å². The van der Waals surface area contributed by atoms with Crippen molar-refractivity contribution < 1.29 is 0 Å². The van der Waals surface area contributed by atoms with Crippen LogP contribution in [0.3, 0.4) is 0 Å². The van der Waals surface area contributed by atoms with Crippen LogP contribution in [0.4, 0.5) is 0 Å². The van der Waals surface area contributed by atoms with Gasteiger partial charge in [0.05, 0.1) is 11.0 Å². The van der Waals surface area contributed by atoms with E-state index in [1.165, 1.54) is 11.1 Å². The molecule has 0 aliphatic heterocycles. The second-order valence-corrected chi connectivity index (χ2v) is 5.46. The van der Waals surface area contributed by atoms with E-state index < -0.39 is 0 Å². The second-order valence-electron chi connectivity index (χ2n) is 5.46. The lowest BCUT2D eigenvalue weighted by atomic mass is 10.1. The molecule has 1 aromatic heterocycles. The third-order valence-corrected chi connectivity index (χ3v) is 3.88. The fourth-order valence-corrected chi connectivity index (χ4v) is 2.61. The van der Waals surface area contributed by atoms with Crippen molar-refractivity contribution in [3.8, 4) is 0 Å². The fraction of sp³-hybridized carbons (Fsp3) is 0.278. The number of imidazole rings is 1. The lowest BCUT2D eigenvalue weighted by molar-refractivity contribution is 0.535. The first-order valence-electron chi connectivity index (χ1n) is 7.51. The molecule has 108 valence electrons. The van der Waals surface area contributed by atoms with Gasteiger partial charge in [0.15, 0.2) is 0 Å². The quantitative estimate of drug-likeness (QED) is 0.778. The molecule has 2 N–H and O–H groups in total. The normalized spacial score (nSPS) is 12.7. The summed E-state index contributed by atoms with van der Waals surface area (Å²) >= 11 is 0. The zero-order valence-corrected chi connectivity index (χ0v) is 12.4. The van der Waals surface area contributed by atoms with Gasteiger partial charge in [-0.3, -0.25) is 0 Å². The summed E-state index contributed by atoms with van der Waals surface area (Å²) in [7, 11) is 0. The van der Waals surface area contributed by atoms with Gasteiger partial charge in [0.25, 0.3) is 0 Å². The zero-order chi connectivity index (χ0) is 14.7. The second kappa shape index (κ2) is 6.10. The van der Waals surface area contributed by atoms with Gasteiger partial charge in [-0.1, -0.05) is 49.4 Å². The lowest BCUT2D eigenvalue weighted by Crippen LogP contribution is -2.26. The number of para-hydroxylation sites is 2. The summed E-state index contributed by atoms with van der Waals surface area (Å²) in [6, 6.07) is 18.9. The van der Waals surface area contributed by atoms with Crippen LogP contribution in [-0.2, 0) is 13.0 Å². The van der Waals surface area contributed by atoms with E-state index in [0.717, 1.165) is 30.7 Å². The van der Waals surface area contributed by atoms with Gasteiger partial charge in [0, 0.05) is 19.0 Å². The topological polar surface area (TPSA) is 43.8 Å². The fourth-order valence-electron chi connectivity index (χ4n) is 2.61. The Morgan fingerprint density at radius 3 is 2.52 bits per heavy atom. The van der Waals surface area contributed by atoms with E-state index in [4.69, 9.17) is 10.7 Å². The highest BCUT2D eigenvalue weighted by molar-refractivity contribution is 5.76. The van der Waals surface area contributed by atoms with Crippen LogP contribution in [0.25, 0.3) is 11.0 Å². The summed E-state index contributed by atoms with van der Waals surface area (Å²) in [6.07, 6.45) is 1.81. The van der Waals surface area contributed by atoms with Crippen LogP contribution in [0.15, 0.2) is 54.6 Å². The van der Waals surface area contributed by atoms with E-state index in [-0.39, 0.29) is 6.04 Å². The van der Waals surface area contributed by atoms with Crippen molar-refractivity contribution in [2.45, 2.75) is 32.4 Å². The molecule has 0 spiro atoms. The Hall–Kier alpha value is -2.13. The molecule has 0 bridgehead atoms. The van der Waals surface area contributed by atoms with E-state index in [9.17, 15) is 0 Å². The highest BCUT2D eigenvalue weighted by Crippen LogP contribution is 2.19. The minimum Gasteiger partial charge on any atom is -0.326 e. The summed E-state index contributed by atoms with van der Waals surface area (Å²) in [6.45, 7) is 2.94. The van der Waals surface area contributed by atoms with E-state index >= 15 is 0 Å². The molecule has 0 saturated heterocycles. The van der Waals surface area contributed by atoms with Crippen LogP contribution in [0.1, 0.15) is 24.7 Å². The Balaban J connectivity index is 2.02. The predicted octanol–water partition coefficient (Wildman–Crippen LogP) is 3.36. The van der Waals surface area contributed by atoms with Crippen LogP contribution in [0, 0.1) is 0 Å². The number of rotatable bonds is 5. The Labute approximate surface area is 125 Å². The number of fused-ring (bicyclic) bond motifs is 1. The first kappa shape index (κ1) is 13.8. The highest BCUT2D eigenvalue weighted by atomic mass is 15.1. The minimum atomic E-state index is 0.164. The summed E-state index contributed by atoms with van der Waals surface area (Å²) in [5, 5.41) is 0. The molecule has 1 heterocycles. The molecule has 1 unspecified atom stereocenters. The number of hydrogen-bond donors (Lipinski definition) is 1. The molecule has 0 amide bonds. The monoisotopic (exact) mass is 279 g/mol. The number of aromatic nitrogens is 2. The van der Waals surface area contributed by atoms with E-state index in [1.807, 2.05) is 12.1 Å². The lowest BCUT2D eigenvalue weighted by Gasteiger charge is -2.14. The van der Waals surface area contributed by atoms with E-state index in [2.05, 4.69) is 54.0 Å². The van der Waals surface area contributed by atoms with Gasteiger partial charge < -0.3 is 10.3 Å². The molecular formula is C18H21N3. The zero-order valence-electron chi connectivity index (χ0n) is 12.4. The summed E-state index contributed by atoms with van der Waals surface area (Å²) in [5.74, 6) is 1.09. The van der Waals surface area contributed by atoms with Crippen molar-refractivity contribution in [1.29, 1.82) is 0 Å². The van der Waals surface area contributed by atoms with Crippen molar-refractivity contribution in [3.05, 3.63) is 66.0 Å². The Morgan fingerprint density at radius 2 is 1.76 bits per heavy atom. The van der Waals surface area contributed by atoms with Crippen molar-refractivity contribution in [3.63, 3.8) is 0 Å². The molecule has 2 aromatic carbocycles. The van der Waals surface area contributed by atoms with Crippen molar-refractivity contribution in [2.24, 2.45) is 5.73 Å². The smallest absolute Gasteiger partial charge is 0.114 e. The molecule has 0 aliphatic carbocycles. The van der Waals surface area contributed by atoms with Crippen molar-refractivity contribution in [1.82, 2.24) is 9.55 Å². The van der Waals surface area contributed by atoms with Gasteiger partial charge in [-0.2, -0.15) is 0 Å². The summed E-state index contributed by atoms with van der Waals surface area (Å²) < 4.78 is 2.27. The average molecular weight is 279 g/mol. The molecular weight excluding hydrogens is 258 g/mol. The first-order valence-corrected chi connectivity index (χ1v) is 7.51. The maximum atomic E-state index is 6.17. The Kier molecular flexibility index (Phi) is 4.02. The molecule has 21 heavy (non-hydrogen) atoms. The van der Waals surface area contributed by atoms with Gasteiger partial charge in [-0.25, -0.2) is 4.98 Å². The maximum absolute atomic E-state index is 6.17. The van der Waals surface area contributed by atoms with Gasteiger partial charge in [-0.05, 0) is 24.1 Å². The van der Waals surface area contributed by atoms with E-state index in [0.29, 0.717) is 0 Å². The SMILES string of the molecule is CCC(N)Cn1c(Cc2ccccc2)nc2ccccc21. The summed E-state index contributed by atoms with van der Waals surface area (Å²) in [5.41, 5.74) is 9.67. The molecule has 0 aliphatic rings. The molecule has 3 aromatic rings. The molecule has 3 heteroatoms. The van der Waals surface area contributed by atoms with Gasteiger partial charge >= 0.3 is 0 Å². The van der Waals surface area contributed by atoms with Crippen molar-refractivity contribution >= 4 is 11.0 Å². The maximum Gasteiger partial charge on any atom is 0.114 e. The molecule has 1 atom stereocenters. The number of hydrogen-bond acceptors (Lipinski definition) is 2. The third-order valence-electron chi connectivity index (χ3n) is 3.88. The average Bonchev–Trinajstić information content (AvgIpc) is 2.86. The van der Waals surface area contributed by atoms with Crippen LogP contribution in [0.2, 0.25) is 0 Å². The Bertz CT molecular complexity index is 716. The predicted molar refractivity (Wildman–Crippen MR) is 87.2 cm³/mol. The molecule has 0 fully saturated rings. The summed E-state index contributed by atoms with van der Waals surface area (Å²) in [4.78, 5) is 4.80. The largest absolute Gasteiger partial charge is 0.326 e. The Morgan fingerprint density at radius 1 is 1.05 bits per heavy atom. The number of benzene rings is 2. The standard InChI is InChI=1S/C18H21N3/c1-2-15(19)13-21-17-11-7-6-10-16(17)20-18(21)12-14-8-4-3-5-9-14/h3-11,15H,2,12-13,19H2,1H3. The van der Waals surface area contributed by atoms with E-state index in [1.54, 1.807) is 0 Å². The third kappa shape index (κ3) is 2.98. The number of nitrogens with zero attached hydrogens (tertiary/aromatic N) is 2. The van der Waals surface area contributed by atoms with Crippen LogP contribution < -0.4 is 5.73 Å². The van der Waals surface area contributed by atoms with Crippen molar-refractivity contribution in [2.75, 3.05) is 0 Å². The van der Waals surface area contributed by atoms with Gasteiger partial charge in [-0.15, -0.1) is 0 Å². The van der Waals surface area contributed by atoms with Crippen LogP contribution in [-0.4, -0.2) is 15.6 Å². The molecule has 0 radical (unpaired) electrons. The van der Waals surface area contributed by atoms with Crippen LogP contribution in [0.5, 0.6) is 0 Å². The first-order chi connectivity index (χ1) is 10.3. The molecule has 0 saturated carbocycles. The molecule has 3 rings (SSSR count). The minimum absolute atomic E-state index is 0.164.